The van der Waals surface area contributed by atoms with Gasteiger partial charge in [-0.05, 0) is 48.9 Å². The van der Waals surface area contributed by atoms with Crippen molar-refractivity contribution in [2.24, 2.45) is 0 Å². The van der Waals surface area contributed by atoms with E-state index >= 15 is 0 Å². The summed E-state index contributed by atoms with van der Waals surface area (Å²) in [7, 11) is 3.16. The van der Waals surface area contributed by atoms with Crippen LogP contribution in [0.4, 0.5) is 30.8 Å². The van der Waals surface area contributed by atoms with Gasteiger partial charge in [-0.15, -0.1) is 0 Å². The van der Waals surface area contributed by atoms with Crippen molar-refractivity contribution in [1.29, 1.82) is 0 Å². The molecule has 4 aromatic rings. The molecule has 0 atom stereocenters. The predicted octanol–water partition coefficient (Wildman–Crippen LogP) is 6.05. The Bertz CT molecular complexity index is 1540. The zero-order chi connectivity index (χ0) is 28.2. The van der Waals surface area contributed by atoms with Gasteiger partial charge in [-0.25, -0.2) is 23.5 Å². The second-order valence-electron chi connectivity index (χ2n) is 9.41. The number of amides is 2. The number of carbonyl (C=O) groups is 1. The summed E-state index contributed by atoms with van der Waals surface area (Å²) in [5, 5.41) is 6.58. The maximum Gasteiger partial charge on any atom is 0.321 e. The number of carbonyl (C=O) groups excluding carboxylic acids is 1. The summed E-state index contributed by atoms with van der Waals surface area (Å²) in [6, 6.07) is 11.9. The standard InChI is InChI=1S/C29H29F2N5O4/c1-17-12-19(34-28-21-14-26(38-2)27(39-3)15-23(21)32-16-33-28)5-7-25(17)40-20-8-10-36(11-9-20)29(37)35-24-13-18(30)4-6-22(24)31/h4-7,12-16,20H,8-11H2,1-3H3,(H,35,37)(H,32,33,34). The van der Waals surface area contributed by atoms with Crippen LogP contribution >= 0.6 is 0 Å². The van der Waals surface area contributed by atoms with E-state index in [0.717, 1.165) is 40.6 Å². The number of aryl methyl sites for hydroxylation is 1. The van der Waals surface area contributed by atoms with Gasteiger partial charge in [0, 0.05) is 49.1 Å². The third-order valence-electron chi connectivity index (χ3n) is 6.77. The average molecular weight is 550 g/mol. The number of aromatic nitrogens is 2. The molecule has 2 N–H and O–H groups in total. The first kappa shape index (κ1) is 26.9. The molecule has 0 aliphatic carbocycles. The van der Waals surface area contributed by atoms with Crippen molar-refractivity contribution >= 4 is 34.1 Å². The van der Waals surface area contributed by atoms with E-state index in [2.05, 4.69) is 20.6 Å². The summed E-state index contributed by atoms with van der Waals surface area (Å²) in [6.07, 6.45) is 2.62. The van der Waals surface area contributed by atoms with Crippen molar-refractivity contribution in [2.75, 3.05) is 37.9 Å². The molecule has 1 fully saturated rings. The lowest BCUT2D eigenvalue weighted by atomic mass is 10.1. The van der Waals surface area contributed by atoms with Crippen LogP contribution in [0, 0.1) is 18.6 Å². The van der Waals surface area contributed by atoms with Gasteiger partial charge in [-0.2, -0.15) is 0 Å². The Hall–Kier alpha value is -4.67. The number of ether oxygens (including phenoxy) is 3. The number of urea groups is 1. The lowest BCUT2D eigenvalue weighted by molar-refractivity contribution is 0.115. The number of halogens is 2. The number of nitrogens with zero attached hydrogens (tertiary/aromatic N) is 3. The Balaban J connectivity index is 1.20. The first-order valence-corrected chi connectivity index (χ1v) is 12.8. The molecular weight excluding hydrogens is 520 g/mol. The second-order valence-corrected chi connectivity index (χ2v) is 9.41. The van der Waals surface area contributed by atoms with Crippen LogP contribution in [0.3, 0.4) is 0 Å². The molecule has 1 aromatic heterocycles. The fourth-order valence-corrected chi connectivity index (χ4v) is 4.62. The molecule has 0 saturated carbocycles. The van der Waals surface area contributed by atoms with E-state index in [1.807, 2.05) is 31.2 Å². The number of hydrogen-bond acceptors (Lipinski definition) is 7. The first-order chi connectivity index (χ1) is 19.3. The third-order valence-corrected chi connectivity index (χ3v) is 6.77. The van der Waals surface area contributed by atoms with E-state index in [0.29, 0.717) is 48.8 Å². The van der Waals surface area contributed by atoms with E-state index in [-0.39, 0.29) is 11.8 Å². The molecule has 9 nitrogen and oxygen atoms in total. The molecule has 1 aliphatic rings. The SMILES string of the molecule is COc1cc2ncnc(Nc3ccc(OC4CCN(C(=O)Nc5cc(F)ccc5F)CC4)c(C)c3)c2cc1OC. The molecule has 208 valence electrons. The fourth-order valence-electron chi connectivity index (χ4n) is 4.62. The zero-order valence-corrected chi connectivity index (χ0v) is 22.3. The highest BCUT2D eigenvalue weighted by Crippen LogP contribution is 2.35. The van der Waals surface area contributed by atoms with Crippen molar-refractivity contribution in [1.82, 2.24) is 14.9 Å². The summed E-state index contributed by atoms with van der Waals surface area (Å²) in [6.45, 7) is 2.82. The number of fused-ring (bicyclic) bond motifs is 1. The molecule has 40 heavy (non-hydrogen) atoms. The molecule has 0 radical (unpaired) electrons. The zero-order valence-electron chi connectivity index (χ0n) is 22.3. The Morgan fingerprint density at radius 1 is 0.950 bits per heavy atom. The highest BCUT2D eigenvalue weighted by molar-refractivity contribution is 5.93. The van der Waals surface area contributed by atoms with E-state index in [1.165, 1.54) is 6.33 Å². The number of nitrogens with one attached hydrogen (secondary N) is 2. The van der Waals surface area contributed by atoms with E-state index < -0.39 is 17.7 Å². The molecule has 2 amide bonds. The Labute approximate surface area is 230 Å². The van der Waals surface area contributed by atoms with Gasteiger partial charge in [0.05, 0.1) is 25.4 Å². The van der Waals surface area contributed by atoms with Crippen LogP contribution in [0.1, 0.15) is 18.4 Å². The number of methoxy groups -OCH3 is 2. The van der Waals surface area contributed by atoms with Crippen molar-refractivity contribution < 1.29 is 27.8 Å². The van der Waals surface area contributed by atoms with Gasteiger partial charge >= 0.3 is 6.03 Å². The third kappa shape index (κ3) is 5.83. The highest BCUT2D eigenvalue weighted by Gasteiger charge is 2.25. The van der Waals surface area contributed by atoms with Gasteiger partial charge in [-0.3, -0.25) is 0 Å². The van der Waals surface area contributed by atoms with Crippen LogP contribution in [0.15, 0.2) is 54.9 Å². The van der Waals surface area contributed by atoms with E-state index in [4.69, 9.17) is 14.2 Å². The monoisotopic (exact) mass is 549 g/mol. The molecular formula is C29H29F2N5O4. The Morgan fingerprint density at radius 2 is 1.70 bits per heavy atom. The largest absolute Gasteiger partial charge is 0.493 e. The number of likely N-dealkylation sites (tertiary alicyclic amines) is 1. The van der Waals surface area contributed by atoms with E-state index in [1.54, 1.807) is 25.2 Å². The highest BCUT2D eigenvalue weighted by atomic mass is 19.1. The molecule has 0 unspecified atom stereocenters. The summed E-state index contributed by atoms with van der Waals surface area (Å²) in [4.78, 5) is 22.9. The van der Waals surface area contributed by atoms with Gasteiger partial charge in [0.1, 0.15) is 35.6 Å². The summed E-state index contributed by atoms with van der Waals surface area (Å²) in [5.74, 6) is 1.24. The maximum absolute atomic E-state index is 13.9. The first-order valence-electron chi connectivity index (χ1n) is 12.8. The molecule has 1 saturated heterocycles. The summed E-state index contributed by atoms with van der Waals surface area (Å²) in [5.41, 5.74) is 2.30. The van der Waals surface area contributed by atoms with Crippen molar-refractivity contribution in [2.45, 2.75) is 25.9 Å². The van der Waals surface area contributed by atoms with Crippen molar-refractivity contribution in [3.05, 3.63) is 72.1 Å². The number of rotatable bonds is 7. The van der Waals surface area contributed by atoms with Crippen LogP contribution in [-0.2, 0) is 0 Å². The summed E-state index contributed by atoms with van der Waals surface area (Å²) >= 11 is 0. The lowest BCUT2D eigenvalue weighted by Gasteiger charge is -2.32. The van der Waals surface area contributed by atoms with Crippen LogP contribution in [0.5, 0.6) is 17.2 Å². The fraction of sp³-hybridized carbons (Fsp3) is 0.276. The van der Waals surface area contributed by atoms with Gasteiger partial charge in [-0.1, -0.05) is 0 Å². The predicted molar refractivity (Wildman–Crippen MR) is 148 cm³/mol. The van der Waals surface area contributed by atoms with Crippen molar-refractivity contribution in [3.8, 4) is 17.2 Å². The van der Waals surface area contributed by atoms with Crippen LogP contribution in [0.2, 0.25) is 0 Å². The Morgan fingerprint density at radius 3 is 2.42 bits per heavy atom. The number of hydrogen-bond donors (Lipinski definition) is 2. The normalized spacial score (nSPS) is 13.7. The quantitative estimate of drug-likeness (QED) is 0.290. The lowest BCUT2D eigenvalue weighted by Crippen LogP contribution is -2.43. The smallest absolute Gasteiger partial charge is 0.321 e. The van der Waals surface area contributed by atoms with E-state index in [9.17, 15) is 13.6 Å². The topological polar surface area (TPSA) is 97.8 Å². The Kier molecular flexibility index (Phi) is 7.81. The maximum atomic E-state index is 13.9. The van der Waals surface area contributed by atoms with Gasteiger partial charge in [0.25, 0.3) is 0 Å². The van der Waals surface area contributed by atoms with Gasteiger partial charge in [0.15, 0.2) is 11.5 Å². The van der Waals surface area contributed by atoms with Crippen LogP contribution in [0.25, 0.3) is 10.9 Å². The number of benzene rings is 3. The van der Waals surface area contributed by atoms with Crippen LogP contribution < -0.4 is 24.8 Å². The molecule has 0 bridgehead atoms. The van der Waals surface area contributed by atoms with Crippen LogP contribution in [-0.4, -0.2) is 54.3 Å². The summed E-state index contributed by atoms with van der Waals surface area (Å²) < 4.78 is 44.3. The number of anilines is 3. The minimum absolute atomic E-state index is 0.0827. The van der Waals surface area contributed by atoms with Gasteiger partial charge < -0.3 is 29.7 Å². The minimum atomic E-state index is -0.686. The van der Waals surface area contributed by atoms with Crippen molar-refractivity contribution in [3.63, 3.8) is 0 Å². The molecule has 3 aromatic carbocycles. The molecule has 0 spiro atoms. The molecule has 1 aliphatic heterocycles. The molecule has 11 heteroatoms. The average Bonchev–Trinajstić information content (AvgIpc) is 2.96. The molecule has 2 heterocycles. The van der Waals surface area contributed by atoms with Gasteiger partial charge in [0.2, 0.25) is 0 Å². The number of piperidine rings is 1. The molecule has 5 rings (SSSR count). The minimum Gasteiger partial charge on any atom is -0.493 e. The second kappa shape index (κ2) is 11.6.